The lowest BCUT2D eigenvalue weighted by Gasteiger charge is -2.33. The molecule has 2 rings (SSSR count). The lowest BCUT2D eigenvalue weighted by Crippen LogP contribution is -2.42. The van der Waals surface area contributed by atoms with Crippen LogP contribution in [0.1, 0.15) is 31.7 Å². The van der Waals surface area contributed by atoms with Crippen molar-refractivity contribution in [3.8, 4) is 0 Å². The fourth-order valence-electron chi connectivity index (χ4n) is 2.34. The van der Waals surface area contributed by atoms with Gasteiger partial charge in [-0.25, -0.2) is 15.8 Å². The molecule has 0 amide bonds. The molecule has 1 unspecified atom stereocenters. The SMILES string of the molecule is CCCc1nc(NN)c(C)c(N2CCOC(C)C2)n1. The van der Waals surface area contributed by atoms with Gasteiger partial charge in [0.2, 0.25) is 0 Å². The summed E-state index contributed by atoms with van der Waals surface area (Å²) in [5, 5.41) is 0. The zero-order valence-electron chi connectivity index (χ0n) is 11.9. The number of ether oxygens (including phenoxy) is 1. The molecule has 6 heteroatoms. The largest absolute Gasteiger partial charge is 0.375 e. The van der Waals surface area contributed by atoms with E-state index in [0.29, 0.717) is 5.82 Å². The van der Waals surface area contributed by atoms with E-state index in [9.17, 15) is 0 Å². The second kappa shape index (κ2) is 6.16. The first-order chi connectivity index (χ1) is 9.15. The summed E-state index contributed by atoms with van der Waals surface area (Å²) < 4.78 is 5.58. The van der Waals surface area contributed by atoms with E-state index in [-0.39, 0.29) is 6.10 Å². The van der Waals surface area contributed by atoms with Crippen LogP contribution in [0.3, 0.4) is 0 Å². The van der Waals surface area contributed by atoms with Gasteiger partial charge in [-0.2, -0.15) is 0 Å². The average Bonchev–Trinajstić information content (AvgIpc) is 2.41. The molecule has 1 aromatic rings. The highest BCUT2D eigenvalue weighted by Crippen LogP contribution is 2.25. The first-order valence-corrected chi connectivity index (χ1v) is 6.86. The Hall–Kier alpha value is -1.40. The molecule has 1 aliphatic rings. The molecule has 19 heavy (non-hydrogen) atoms. The summed E-state index contributed by atoms with van der Waals surface area (Å²) in [5.41, 5.74) is 3.67. The number of morpholine rings is 1. The average molecular weight is 265 g/mol. The third-order valence-electron chi connectivity index (χ3n) is 3.32. The Labute approximate surface area is 114 Å². The lowest BCUT2D eigenvalue weighted by atomic mass is 10.2. The second-order valence-corrected chi connectivity index (χ2v) is 4.96. The number of nitrogen functional groups attached to an aromatic ring is 1. The third kappa shape index (κ3) is 3.13. The van der Waals surface area contributed by atoms with E-state index in [1.165, 1.54) is 0 Å². The zero-order chi connectivity index (χ0) is 13.8. The van der Waals surface area contributed by atoms with Gasteiger partial charge < -0.3 is 15.1 Å². The van der Waals surface area contributed by atoms with Crippen molar-refractivity contribution < 1.29 is 4.74 Å². The smallest absolute Gasteiger partial charge is 0.148 e. The van der Waals surface area contributed by atoms with Gasteiger partial charge in [-0.3, -0.25) is 0 Å². The van der Waals surface area contributed by atoms with Crippen LogP contribution >= 0.6 is 0 Å². The maximum absolute atomic E-state index is 5.58. The number of hydrazine groups is 1. The quantitative estimate of drug-likeness (QED) is 0.630. The minimum absolute atomic E-state index is 0.229. The molecule has 1 fully saturated rings. The molecular weight excluding hydrogens is 242 g/mol. The van der Waals surface area contributed by atoms with Crippen LogP contribution < -0.4 is 16.2 Å². The zero-order valence-corrected chi connectivity index (χ0v) is 11.9. The fraction of sp³-hybridized carbons (Fsp3) is 0.692. The van der Waals surface area contributed by atoms with Crippen LogP contribution in [0, 0.1) is 6.92 Å². The summed E-state index contributed by atoms with van der Waals surface area (Å²) in [4.78, 5) is 11.4. The highest BCUT2D eigenvalue weighted by molar-refractivity contribution is 5.58. The van der Waals surface area contributed by atoms with Crippen LogP contribution in [0.2, 0.25) is 0 Å². The maximum Gasteiger partial charge on any atom is 0.148 e. The first kappa shape index (κ1) is 14.0. The summed E-state index contributed by atoms with van der Waals surface area (Å²) in [6, 6.07) is 0. The highest BCUT2D eigenvalue weighted by atomic mass is 16.5. The Bertz CT molecular complexity index is 437. The summed E-state index contributed by atoms with van der Waals surface area (Å²) in [6.45, 7) is 8.65. The van der Waals surface area contributed by atoms with Crippen molar-refractivity contribution in [3.05, 3.63) is 11.4 Å². The van der Waals surface area contributed by atoms with E-state index >= 15 is 0 Å². The van der Waals surface area contributed by atoms with Gasteiger partial charge in [0.15, 0.2) is 0 Å². The molecule has 0 aromatic carbocycles. The minimum Gasteiger partial charge on any atom is -0.375 e. The summed E-state index contributed by atoms with van der Waals surface area (Å²) in [7, 11) is 0. The van der Waals surface area contributed by atoms with Crippen LogP contribution in [-0.2, 0) is 11.2 Å². The summed E-state index contributed by atoms with van der Waals surface area (Å²) in [6.07, 6.45) is 2.11. The molecule has 1 aromatic heterocycles. The Balaban J connectivity index is 2.33. The number of rotatable bonds is 4. The van der Waals surface area contributed by atoms with Gasteiger partial charge in [0.05, 0.1) is 12.7 Å². The summed E-state index contributed by atoms with van der Waals surface area (Å²) in [5.74, 6) is 8.09. The second-order valence-electron chi connectivity index (χ2n) is 4.96. The van der Waals surface area contributed by atoms with Crippen LogP contribution in [0.25, 0.3) is 0 Å². The molecule has 2 heterocycles. The van der Waals surface area contributed by atoms with Crippen molar-refractivity contribution >= 4 is 11.6 Å². The van der Waals surface area contributed by atoms with Crippen molar-refractivity contribution in [3.63, 3.8) is 0 Å². The van der Waals surface area contributed by atoms with Crippen LogP contribution in [0.5, 0.6) is 0 Å². The molecular formula is C13H23N5O. The molecule has 1 aliphatic heterocycles. The Morgan fingerprint density at radius 3 is 2.89 bits per heavy atom. The molecule has 0 spiro atoms. The van der Waals surface area contributed by atoms with Gasteiger partial charge >= 0.3 is 0 Å². The van der Waals surface area contributed by atoms with E-state index < -0.39 is 0 Å². The van der Waals surface area contributed by atoms with Crippen molar-refractivity contribution in [2.45, 2.75) is 39.7 Å². The Kier molecular flexibility index (Phi) is 4.55. The number of anilines is 2. The fourth-order valence-corrected chi connectivity index (χ4v) is 2.34. The van der Waals surface area contributed by atoms with Crippen molar-refractivity contribution in [2.24, 2.45) is 5.84 Å². The molecule has 1 atom stereocenters. The number of hydrogen-bond acceptors (Lipinski definition) is 6. The molecule has 0 radical (unpaired) electrons. The normalized spacial score (nSPS) is 19.6. The molecule has 3 N–H and O–H groups in total. The molecule has 6 nitrogen and oxygen atoms in total. The van der Waals surface area contributed by atoms with Crippen molar-refractivity contribution in [2.75, 3.05) is 30.0 Å². The van der Waals surface area contributed by atoms with Gasteiger partial charge in [0.25, 0.3) is 0 Å². The van der Waals surface area contributed by atoms with E-state index in [4.69, 9.17) is 15.6 Å². The van der Waals surface area contributed by atoms with E-state index in [2.05, 4.69) is 29.2 Å². The first-order valence-electron chi connectivity index (χ1n) is 6.86. The van der Waals surface area contributed by atoms with Gasteiger partial charge in [0.1, 0.15) is 17.5 Å². The van der Waals surface area contributed by atoms with Gasteiger partial charge in [0, 0.05) is 25.1 Å². The van der Waals surface area contributed by atoms with Gasteiger partial charge in [-0.1, -0.05) is 6.92 Å². The number of aromatic nitrogens is 2. The van der Waals surface area contributed by atoms with Crippen molar-refractivity contribution in [1.82, 2.24) is 9.97 Å². The molecule has 0 bridgehead atoms. The van der Waals surface area contributed by atoms with E-state index in [1.54, 1.807) is 0 Å². The van der Waals surface area contributed by atoms with Crippen molar-refractivity contribution in [1.29, 1.82) is 0 Å². The monoisotopic (exact) mass is 265 g/mol. The highest BCUT2D eigenvalue weighted by Gasteiger charge is 2.21. The molecule has 106 valence electrons. The van der Waals surface area contributed by atoms with Gasteiger partial charge in [-0.15, -0.1) is 0 Å². The number of nitrogens with zero attached hydrogens (tertiary/aromatic N) is 3. The standard InChI is InChI=1S/C13H23N5O/c1-4-5-11-15-12(17-14)10(3)13(16-11)18-6-7-19-9(2)8-18/h9H,4-8,14H2,1-3H3,(H,15,16,17). The molecule has 0 aliphatic carbocycles. The van der Waals surface area contributed by atoms with Gasteiger partial charge in [-0.05, 0) is 20.3 Å². The number of nitrogens with one attached hydrogen (secondary N) is 1. The molecule has 0 saturated carbocycles. The molecule has 1 saturated heterocycles. The minimum atomic E-state index is 0.229. The van der Waals surface area contributed by atoms with Crippen LogP contribution in [-0.4, -0.2) is 35.8 Å². The predicted molar refractivity (Wildman–Crippen MR) is 76.2 cm³/mol. The summed E-state index contributed by atoms with van der Waals surface area (Å²) >= 11 is 0. The Morgan fingerprint density at radius 2 is 2.26 bits per heavy atom. The van der Waals surface area contributed by atoms with E-state index in [1.807, 2.05) is 6.92 Å². The lowest BCUT2D eigenvalue weighted by molar-refractivity contribution is 0.0529. The van der Waals surface area contributed by atoms with Crippen LogP contribution in [0.4, 0.5) is 11.6 Å². The van der Waals surface area contributed by atoms with E-state index in [0.717, 1.165) is 49.7 Å². The maximum atomic E-state index is 5.58. The number of nitrogens with two attached hydrogens (primary N) is 1. The van der Waals surface area contributed by atoms with Crippen LogP contribution in [0.15, 0.2) is 0 Å². The number of aryl methyl sites for hydroxylation is 1. The Morgan fingerprint density at radius 1 is 1.47 bits per heavy atom. The number of hydrogen-bond donors (Lipinski definition) is 2. The topological polar surface area (TPSA) is 76.3 Å². The predicted octanol–water partition coefficient (Wildman–Crippen LogP) is 1.25. The third-order valence-corrected chi connectivity index (χ3v) is 3.32.